The van der Waals surface area contributed by atoms with Gasteiger partial charge in [0, 0.05) is 43.0 Å². The molecule has 1 aromatic carbocycles. The van der Waals surface area contributed by atoms with Gasteiger partial charge in [-0.25, -0.2) is 14.6 Å². The van der Waals surface area contributed by atoms with E-state index < -0.39 is 0 Å². The van der Waals surface area contributed by atoms with Crippen LogP contribution in [-0.2, 0) is 6.42 Å². The Morgan fingerprint density at radius 3 is 2.94 bits per heavy atom. The van der Waals surface area contributed by atoms with Gasteiger partial charge in [0.05, 0.1) is 28.0 Å². The van der Waals surface area contributed by atoms with Crippen LogP contribution in [0.15, 0.2) is 61.2 Å². The van der Waals surface area contributed by atoms with Crippen molar-refractivity contribution < 1.29 is 5.11 Å². The first-order valence-corrected chi connectivity index (χ1v) is 11.8. The van der Waals surface area contributed by atoms with Crippen molar-refractivity contribution in [2.45, 2.75) is 44.2 Å². The fraction of sp³-hybridized carbons (Fsp3) is 0.292. The summed E-state index contributed by atoms with van der Waals surface area (Å²) in [6, 6.07) is 12.5. The molecule has 5 aromatic rings. The average Bonchev–Trinajstić information content (AvgIpc) is 3.55. The molecule has 0 bridgehead atoms. The molecule has 2 N–H and O–H groups in total. The normalized spacial score (nSPS) is 19.0. The van der Waals surface area contributed by atoms with Crippen molar-refractivity contribution in [3.63, 3.8) is 0 Å². The van der Waals surface area contributed by atoms with Crippen molar-refractivity contribution in [3.8, 4) is 5.69 Å². The number of anilines is 1. The predicted octanol–water partition coefficient (Wildman–Crippen LogP) is 4.44. The van der Waals surface area contributed by atoms with Crippen LogP contribution >= 0.6 is 11.3 Å². The number of hydrogen-bond acceptors (Lipinski definition) is 6. The first-order chi connectivity index (χ1) is 15.7. The molecule has 0 unspecified atom stereocenters. The number of fused-ring (bicyclic) bond motifs is 2. The summed E-state index contributed by atoms with van der Waals surface area (Å²) in [6.07, 6.45) is 12.3. The summed E-state index contributed by atoms with van der Waals surface area (Å²) in [4.78, 5) is 9.34. The molecule has 0 aliphatic heterocycles. The Labute approximate surface area is 189 Å². The van der Waals surface area contributed by atoms with Crippen LogP contribution in [0.4, 0.5) is 5.13 Å². The van der Waals surface area contributed by atoms with Crippen molar-refractivity contribution in [3.05, 3.63) is 72.4 Å². The number of thiazole rings is 1. The minimum atomic E-state index is -0.282. The van der Waals surface area contributed by atoms with Gasteiger partial charge in [-0.3, -0.25) is 0 Å². The van der Waals surface area contributed by atoms with Gasteiger partial charge in [-0.05, 0) is 42.7 Å². The van der Waals surface area contributed by atoms with Crippen LogP contribution in [0.1, 0.15) is 36.9 Å². The first kappa shape index (κ1) is 19.5. The number of aliphatic hydroxyl groups is 1. The quantitative estimate of drug-likeness (QED) is 0.419. The number of rotatable bonds is 5. The lowest BCUT2D eigenvalue weighted by atomic mass is 9.93. The van der Waals surface area contributed by atoms with Crippen molar-refractivity contribution in [1.82, 2.24) is 24.1 Å². The number of pyridine rings is 1. The summed E-state index contributed by atoms with van der Waals surface area (Å²) in [5.74, 6) is 0. The fourth-order valence-electron chi connectivity index (χ4n) is 4.51. The number of benzene rings is 1. The molecule has 0 spiro atoms. The summed E-state index contributed by atoms with van der Waals surface area (Å²) >= 11 is 1.66. The third-order valence-corrected chi connectivity index (χ3v) is 7.17. The second-order valence-electron chi connectivity index (χ2n) is 8.41. The van der Waals surface area contributed by atoms with E-state index in [-0.39, 0.29) is 12.1 Å². The van der Waals surface area contributed by atoms with Crippen LogP contribution in [-0.4, -0.2) is 41.4 Å². The molecule has 32 heavy (non-hydrogen) atoms. The zero-order valence-electron chi connectivity index (χ0n) is 17.6. The lowest BCUT2D eigenvalue weighted by Crippen LogP contribution is -2.36. The van der Waals surface area contributed by atoms with Gasteiger partial charge >= 0.3 is 0 Å². The minimum Gasteiger partial charge on any atom is -0.391 e. The number of imidazole rings is 1. The van der Waals surface area contributed by atoms with Crippen LogP contribution in [0.5, 0.6) is 0 Å². The van der Waals surface area contributed by atoms with Gasteiger partial charge < -0.3 is 14.8 Å². The van der Waals surface area contributed by atoms with Crippen LogP contribution in [0, 0.1) is 0 Å². The van der Waals surface area contributed by atoms with E-state index in [9.17, 15) is 5.11 Å². The lowest BCUT2D eigenvalue weighted by Gasteiger charge is -2.27. The van der Waals surface area contributed by atoms with E-state index in [0.29, 0.717) is 0 Å². The number of aliphatic hydroxyl groups excluding tert-OH is 1. The SMILES string of the molecule is O[C@@H]1CCCC[C@H]1Nc1nc2ccc(Cc3cnc4cc(-n5cccn5)ccn34)cc2s1. The van der Waals surface area contributed by atoms with E-state index in [0.717, 1.165) is 64.5 Å². The van der Waals surface area contributed by atoms with Crippen molar-refractivity contribution in [2.75, 3.05) is 5.32 Å². The fourth-order valence-corrected chi connectivity index (χ4v) is 5.50. The average molecular weight is 445 g/mol. The highest BCUT2D eigenvalue weighted by molar-refractivity contribution is 7.22. The molecule has 6 rings (SSSR count). The van der Waals surface area contributed by atoms with Crippen molar-refractivity contribution in [1.29, 1.82) is 0 Å². The highest BCUT2D eigenvalue weighted by atomic mass is 32.1. The molecule has 1 fully saturated rings. The standard InChI is InChI=1S/C24H24N6OS/c31-21-5-2-1-4-19(21)27-24-28-20-7-6-16(13-22(20)32-24)12-18-15-25-23-14-17(8-11-29(18)23)30-10-3-9-26-30/h3,6-11,13-15,19,21,31H,1-2,4-5,12H2,(H,27,28)/t19-,21-/m1/s1. The predicted molar refractivity (Wildman–Crippen MR) is 127 cm³/mol. The van der Waals surface area contributed by atoms with Crippen LogP contribution in [0.2, 0.25) is 0 Å². The topological polar surface area (TPSA) is 80.3 Å². The summed E-state index contributed by atoms with van der Waals surface area (Å²) in [5, 5.41) is 18.9. The lowest BCUT2D eigenvalue weighted by molar-refractivity contribution is 0.116. The number of nitrogens with one attached hydrogen (secondary N) is 1. The molecule has 7 nitrogen and oxygen atoms in total. The maximum atomic E-state index is 10.3. The summed E-state index contributed by atoms with van der Waals surface area (Å²) < 4.78 is 5.12. The number of nitrogens with zero attached hydrogens (tertiary/aromatic N) is 5. The highest BCUT2D eigenvalue weighted by Crippen LogP contribution is 2.30. The summed E-state index contributed by atoms with van der Waals surface area (Å²) in [5.41, 5.74) is 5.26. The Morgan fingerprint density at radius 2 is 2.06 bits per heavy atom. The molecule has 1 aliphatic rings. The molecule has 1 aliphatic carbocycles. The number of aromatic nitrogens is 5. The Morgan fingerprint density at radius 1 is 1.12 bits per heavy atom. The third kappa shape index (κ3) is 3.65. The molecule has 1 saturated carbocycles. The molecular weight excluding hydrogens is 420 g/mol. The molecule has 162 valence electrons. The molecule has 4 heterocycles. The van der Waals surface area contributed by atoms with E-state index in [1.165, 1.54) is 5.56 Å². The Bertz CT molecular complexity index is 1370. The summed E-state index contributed by atoms with van der Waals surface area (Å²) in [7, 11) is 0. The third-order valence-electron chi connectivity index (χ3n) is 6.22. The first-order valence-electron chi connectivity index (χ1n) is 11.0. The van der Waals surface area contributed by atoms with Crippen molar-refractivity contribution in [2.24, 2.45) is 0 Å². The Hall–Kier alpha value is -3.23. The monoisotopic (exact) mass is 444 g/mol. The van der Waals surface area contributed by atoms with Crippen LogP contribution in [0.3, 0.4) is 0 Å². The molecule has 4 aromatic heterocycles. The van der Waals surface area contributed by atoms with E-state index in [1.807, 2.05) is 29.2 Å². The zero-order chi connectivity index (χ0) is 21.5. The number of hydrogen-bond donors (Lipinski definition) is 2. The Kier molecular flexibility index (Phi) is 4.88. The zero-order valence-corrected chi connectivity index (χ0v) is 18.4. The second kappa shape index (κ2) is 8.03. The van der Waals surface area contributed by atoms with Crippen molar-refractivity contribution >= 4 is 32.3 Å². The van der Waals surface area contributed by atoms with Gasteiger partial charge in [0.1, 0.15) is 5.65 Å². The molecule has 0 saturated heterocycles. The van der Waals surface area contributed by atoms with Crippen LogP contribution in [0.25, 0.3) is 21.6 Å². The summed E-state index contributed by atoms with van der Waals surface area (Å²) in [6.45, 7) is 0. The van der Waals surface area contributed by atoms with Gasteiger partial charge in [0.2, 0.25) is 0 Å². The van der Waals surface area contributed by atoms with E-state index >= 15 is 0 Å². The van der Waals surface area contributed by atoms with Gasteiger partial charge in [0.25, 0.3) is 0 Å². The van der Waals surface area contributed by atoms with E-state index in [1.54, 1.807) is 17.5 Å². The molecule has 0 amide bonds. The van der Waals surface area contributed by atoms with Gasteiger partial charge in [-0.15, -0.1) is 0 Å². The van der Waals surface area contributed by atoms with Gasteiger partial charge in [-0.1, -0.05) is 30.2 Å². The van der Waals surface area contributed by atoms with E-state index in [4.69, 9.17) is 4.98 Å². The minimum absolute atomic E-state index is 0.105. The van der Waals surface area contributed by atoms with Gasteiger partial charge in [0.15, 0.2) is 5.13 Å². The molecule has 2 atom stereocenters. The van der Waals surface area contributed by atoms with Crippen LogP contribution < -0.4 is 5.32 Å². The van der Waals surface area contributed by atoms with E-state index in [2.05, 4.69) is 50.3 Å². The smallest absolute Gasteiger partial charge is 0.184 e. The molecule has 8 heteroatoms. The largest absolute Gasteiger partial charge is 0.391 e. The maximum absolute atomic E-state index is 10.3. The molecule has 0 radical (unpaired) electrons. The Balaban J connectivity index is 1.23. The van der Waals surface area contributed by atoms with Gasteiger partial charge in [-0.2, -0.15) is 5.10 Å². The molecular formula is C24H24N6OS. The second-order valence-corrected chi connectivity index (χ2v) is 9.44. The maximum Gasteiger partial charge on any atom is 0.184 e. The highest BCUT2D eigenvalue weighted by Gasteiger charge is 2.23.